The molecule has 0 saturated carbocycles. The summed E-state index contributed by atoms with van der Waals surface area (Å²) in [7, 11) is 0. The summed E-state index contributed by atoms with van der Waals surface area (Å²) in [6, 6.07) is 0. The van der Waals surface area contributed by atoms with Crippen LogP contribution in [0.5, 0.6) is 0 Å². The third-order valence-corrected chi connectivity index (χ3v) is 4.53. The normalized spacial score (nSPS) is 12.4. The lowest BCUT2D eigenvalue weighted by Crippen LogP contribution is -2.37. The van der Waals surface area contributed by atoms with E-state index < -0.39 is 17.5 Å². The number of hydrogen-bond donors (Lipinski definition) is 1. The highest BCUT2D eigenvalue weighted by Crippen LogP contribution is 2.22. The van der Waals surface area contributed by atoms with Crippen LogP contribution in [-0.2, 0) is 47.4 Å². The minimum Gasteiger partial charge on any atom is -0.479 e. The van der Waals surface area contributed by atoms with Crippen molar-refractivity contribution in [3.8, 4) is 0 Å². The second kappa shape index (κ2) is 27.0. The smallest absolute Gasteiger partial charge is 0.333 e. The van der Waals surface area contributed by atoms with E-state index in [0.717, 1.165) is 0 Å². The predicted molar refractivity (Wildman–Crippen MR) is 137 cm³/mol. The fourth-order valence-electron chi connectivity index (χ4n) is 2.71. The lowest BCUT2D eigenvalue weighted by Gasteiger charge is -2.26. The molecule has 0 aliphatic carbocycles. The number of rotatable bonds is 29. The molecule has 1 atom stereocenters. The summed E-state index contributed by atoms with van der Waals surface area (Å²) < 4.78 is 48.4. The molecule has 14 nitrogen and oxygen atoms in total. The van der Waals surface area contributed by atoms with Gasteiger partial charge in [0.2, 0.25) is 0 Å². The Kier molecular flexibility index (Phi) is 25.9. The Morgan fingerprint density at radius 1 is 0.632 bits per heavy atom. The van der Waals surface area contributed by atoms with Crippen LogP contribution >= 0.6 is 0 Å². The Hall–Kier alpha value is -1.58. The highest BCUT2D eigenvalue weighted by Gasteiger charge is 2.31. The van der Waals surface area contributed by atoms with E-state index in [-0.39, 0.29) is 6.61 Å². The number of azide groups is 1. The summed E-state index contributed by atoms with van der Waals surface area (Å²) in [6.07, 6.45) is -0.867. The number of carbonyl (C=O) groups is 1. The average molecular weight is 554 g/mol. The van der Waals surface area contributed by atoms with E-state index in [0.29, 0.717) is 112 Å². The van der Waals surface area contributed by atoms with Crippen LogP contribution in [0.2, 0.25) is 0 Å². The number of hydrogen-bond acceptors (Lipinski definition) is 11. The third kappa shape index (κ3) is 26.0. The second-order valence-electron chi connectivity index (χ2n) is 8.81. The van der Waals surface area contributed by atoms with Gasteiger partial charge in [0, 0.05) is 11.5 Å². The molecule has 0 amide bonds. The van der Waals surface area contributed by atoms with Crippen molar-refractivity contribution >= 4 is 5.97 Å². The van der Waals surface area contributed by atoms with Gasteiger partial charge < -0.3 is 47.7 Å². The van der Waals surface area contributed by atoms with Crippen LogP contribution in [0, 0.1) is 5.41 Å². The maximum absolute atomic E-state index is 11.2. The molecule has 0 fully saturated rings. The maximum atomic E-state index is 11.2. The van der Waals surface area contributed by atoms with Gasteiger partial charge >= 0.3 is 5.97 Å². The summed E-state index contributed by atoms with van der Waals surface area (Å²) >= 11 is 0. The molecule has 224 valence electrons. The quantitative estimate of drug-likeness (QED) is 0.0621. The lowest BCUT2D eigenvalue weighted by molar-refractivity contribution is -0.159. The Labute approximate surface area is 225 Å². The summed E-state index contributed by atoms with van der Waals surface area (Å²) in [5.74, 6) is -0.972. The number of carboxylic acids is 1. The molecular formula is C24H47N3O11. The van der Waals surface area contributed by atoms with Crippen LogP contribution in [0.25, 0.3) is 10.4 Å². The van der Waals surface area contributed by atoms with Gasteiger partial charge in [0.1, 0.15) is 0 Å². The first-order valence-electron chi connectivity index (χ1n) is 12.9. The van der Waals surface area contributed by atoms with E-state index in [1.165, 1.54) is 0 Å². The number of nitrogens with zero attached hydrogens (tertiary/aromatic N) is 3. The van der Waals surface area contributed by atoms with Gasteiger partial charge in [0.25, 0.3) is 0 Å². The van der Waals surface area contributed by atoms with Crippen molar-refractivity contribution in [2.45, 2.75) is 26.9 Å². The molecule has 0 saturated heterocycles. The van der Waals surface area contributed by atoms with Gasteiger partial charge in [-0.05, 0) is 10.9 Å². The molecular weight excluding hydrogens is 506 g/mol. The van der Waals surface area contributed by atoms with Crippen molar-refractivity contribution in [3.63, 3.8) is 0 Å². The zero-order valence-corrected chi connectivity index (χ0v) is 23.2. The molecule has 0 bridgehead atoms. The van der Waals surface area contributed by atoms with Crippen molar-refractivity contribution in [2.24, 2.45) is 10.5 Å². The van der Waals surface area contributed by atoms with Gasteiger partial charge in [0.15, 0.2) is 6.10 Å². The third-order valence-electron chi connectivity index (χ3n) is 4.53. The fraction of sp³-hybridized carbons (Fsp3) is 0.958. The SMILES string of the molecule is CC(C)(C)C(OCCOCCOCCOCCOCCOCCOCCOCCOCCN=[N+]=[N-])C(=O)O. The van der Waals surface area contributed by atoms with Crippen molar-refractivity contribution in [2.75, 3.05) is 119 Å². The molecule has 0 rings (SSSR count). The van der Waals surface area contributed by atoms with Crippen LogP contribution in [0.3, 0.4) is 0 Å². The van der Waals surface area contributed by atoms with Crippen molar-refractivity contribution in [1.29, 1.82) is 0 Å². The number of ether oxygens (including phenoxy) is 9. The zero-order chi connectivity index (χ0) is 28.2. The minimum atomic E-state index is -0.972. The molecule has 1 unspecified atom stereocenters. The summed E-state index contributed by atoms with van der Waals surface area (Å²) in [6.45, 7) is 13.2. The monoisotopic (exact) mass is 553 g/mol. The first kappa shape index (κ1) is 36.4. The summed E-state index contributed by atoms with van der Waals surface area (Å²) in [5, 5.41) is 12.5. The van der Waals surface area contributed by atoms with E-state index in [1.54, 1.807) is 0 Å². The van der Waals surface area contributed by atoms with Gasteiger partial charge in [-0.15, -0.1) is 0 Å². The van der Waals surface area contributed by atoms with Crippen molar-refractivity contribution in [1.82, 2.24) is 0 Å². The van der Waals surface area contributed by atoms with E-state index in [2.05, 4.69) is 10.0 Å². The summed E-state index contributed by atoms with van der Waals surface area (Å²) in [5.41, 5.74) is 7.64. The highest BCUT2D eigenvalue weighted by molar-refractivity contribution is 5.73. The first-order valence-corrected chi connectivity index (χ1v) is 12.9. The van der Waals surface area contributed by atoms with Crippen LogP contribution in [0.4, 0.5) is 0 Å². The standard InChI is InChI=1S/C24H47N3O11/c1-24(2,3)22(23(28)29)38-21-20-37-19-18-36-17-16-35-15-14-34-13-12-33-11-10-32-9-8-31-7-6-30-5-4-26-27-25/h22H,4-21H2,1-3H3,(H,28,29). The molecule has 38 heavy (non-hydrogen) atoms. The summed E-state index contributed by atoms with van der Waals surface area (Å²) in [4.78, 5) is 13.8. The van der Waals surface area contributed by atoms with Crippen molar-refractivity contribution < 1.29 is 52.5 Å². The van der Waals surface area contributed by atoms with Crippen LogP contribution in [-0.4, -0.2) is 136 Å². The Bertz CT molecular complexity index is 587. The lowest BCUT2D eigenvalue weighted by atomic mass is 9.89. The molecule has 0 heterocycles. The molecule has 1 N–H and O–H groups in total. The highest BCUT2D eigenvalue weighted by atomic mass is 16.6. The van der Waals surface area contributed by atoms with E-state index in [4.69, 9.17) is 48.2 Å². The van der Waals surface area contributed by atoms with Crippen LogP contribution in [0.1, 0.15) is 20.8 Å². The maximum Gasteiger partial charge on any atom is 0.333 e. The predicted octanol–water partition coefficient (Wildman–Crippen LogP) is 1.95. The Balaban J connectivity index is 3.19. The van der Waals surface area contributed by atoms with Gasteiger partial charge in [-0.1, -0.05) is 25.9 Å². The fourth-order valence-corrected chi connectivity index (χ4v) is 2.71. The minimum absolute atomic E-state index is 0.215. The van der Waals surface area contributed by atoms with Gasteiger partial charge in [0.05, 0.1) is 112 Å². The van der Waals surface area contributed by atoms with Crippen molar-refractivity contribution in [3.05, 3.63) is 10.4 Å². The van der Waals surface area contributed by atoms with Crippen LogP contribution in [0.15, 0.2) is 5.11 Å². The molecule has 0 spiro atoms. The Morgan fingerprint density at radius 2 is 0.921 bits per heavy atom. The average Bonchev–Trinajstić information content (AvgIpc) is 2.86. The number of carboxylic acid groups (broad SMARTS) is 1. The molecule has 0 radical (unpaired) electrons. The molecule has 0 aliphatic heterocycles. The number of aliphatic carboxylic acids is 1. The first-order chi connectivity index (χ1) is 18.4. The van der Waals surface area contributed by atoms with Gasteiger partial charge in [-0.3, -0.25) is 0 Å². The van der Waals surface area contributed by atoms with Gasteiger partial charge in [-0.25, -0.2) is 4.79 Å². The Morgan fingerprint density at radius 3 is 1.18 bits per heavy atom. The van der Waals surface area contributed by atoms with E-state index in [9.17, 15) is 9.90 Å². The second-order valence-corrected chi connectivity index (χ2v) is 8.81. The molecule has 0 aromatic rings. The van der Waals surface area contributed by atoms with E-state index >= 15 is 0 Å². The van der Waals surface area contributed by atoms with E-state index in [1.807, 2.05) is 20.8 Å². The molecule has 14 heteroatoms. The van der Waals surface area contributed by atoms with Crippen LogP contribution < -0.4 is 0 Å². The largest absolute Gasteiger partial charge is 0.479 e. The molecule has 0 aliphatic rings. The molecule has 0 aromatic heterocycles. The molecule has 0 aromatic carbocycles. The van der Waals surface area contributed by atoms with Gasteiger partial charge in [-0.2, -0.15) is 0 Å². The topological polar surface area (TPSA) is 169 Å². The zero-order valence-electron chi connectivity index (χ0n) is 23.2.